The zero-order valence-electron chi connectivity index (χ0n) is 16.7. The molecule has 0 spiro atoms. The van der Waals surface area contributed by atoms with E-state index in [9.17, 15) is 30.8 Å². The Bertz CT molecular complexity index is 1270. The molecule has 2 aromatic heterocycles. The number of halogens is 5. The number of nitrogens with zero attached hydrogens (tertiary/aromatic N) is 2. The average Bonchev–Trinajstić information content (AvgIpc) is 2.78. The summed E-state index contributed by atoms with van der Waals surface area (Å²) in [5.74, 6) is -1.19. The first-order valence-corrected chi connectivity index (χ1v) is 11.3. The number of hydrogen-bond acceptors (Lipinski definition) is 5. The van der Waals surface area contributed by atoms with E-state index in [1.165, 1.54) is 30.6 Å². The van der Waals surface area contributed by atoms with Crippen molar-refractivity contribution in [2.75, 3.05) is 0 Å². The molecule has 0 aliphatic heterocycles. The zero-order valence-corrected chi connectivity index (χ0v) is 18.3. The number of pyridine rings is 2. The Morgan fingerprint density at radius 1 is 1.09 bits per heavy atom. The third kappa shape index (κ3) is 6.34. The lowest BCUT2D eigenvalue weighted by Crippen LogP contribution is -2.23. The van der Waals surface area contributed by atoms with Gasteiger partial charge in [0.05, 0.1) is 33.4 Å². The van der Waals surface area contributed by atoms with Gasteiger partial charge >= 0.3 is 6.18 Å². The lowest BCUT2D eigenvalue weighted by atomic mass is 10.0. The third-order valence-corrected chi connectivity index (χ3v) is 6.26. The van der Waals surface area contributed by atoms with Gasteiger partial charge in [-0.3, -0.25) is 14.8 Å². The van der Waals surface area contributed by atoms with Crippen LogP contribution in [0.1, 0.15) is 33.7 Å². The standard InChI is InChI=1S/C21H16ClF4N3O3S/c22-17-10-15(5-6-18(17)23)33(31,32)29-12-14-4-3-13(11-28-14)20(30)8-7-19-16(21(24,25)26)2-1-9-27-19/h1-6,9-11,29H,7-8,12H2. The number of carbonyl (C=O) groups excluding carboxylic acids is 1. The summed E-state index contributed by atoms with van der Waals surface area (Å²) in [5, 5.41) is -0.341. The predicted octanol–water partition coefficient (Wildman–Crippen LogP) is 4.58. The molecule has 12 heteroatoms. The summed E-state index contributed by atoms with van der Waals surface area (Å²) in [6.45, 7) is -0.214. The maximum Gasteiger partial charge on any atom is 0.418 e. The predicted molar refractivity (Wildman–Crippen MR) is 112 cm³/mol. The maximum atomic E-state index is 13.2. The van der Waals surface area contributed by atoms with Crippen LogP contribution < -0.4 is 4.72 Å². The molecule has 6 nitrogen and oxygen atoms in total. The molecule has 0 fully saturated rings. The van der Waals surface area contributed by atoms with Crippen LogP contribution in [0.25, 0.3) is 0 Å². The molecule has 174 valence electrons. The highest BCUT2D eigenvalue weighted by atomic mass is 35.5. The Balaban J connectivity index is 1.61. The largest absolute Gasteiger partial charge is 0.418 e. The highest BCUT2D eigenvalue weighted by Crippen LogP contribution is 2.31. The van der Waals surface area contributed by atoms with Crippen molar-refractivity contribution >= 4 is 27.4 Å². The van der Waals surface area contributed by atoms with Gasteiger partial charge in [-0.1, -0.05) is 11.6 Å². The molecule has 0 amide bonds. The van der Waals surface area contributed by atoms with E-state index < -0.39 is 33.4 Å². The minimum atomic E-state index is -4.57. The van der Waals surface area contributed by atoms with Crippen LogP contribution in [0.3, 0.4) is 0 Å². The number of aryl methyl sites for hydroxylation is 1. The van der Waals surface area contributed by atoms with Gasteiger partial charge in [0, 0.05) is 24.4 Å². The van der Waals surface area contributed by atoms with Crippen molar-refractivity contribution in [1.29, 1.82) is 0 Å². The number of nitrogens with one attached hydrogen (secondary N) is 1. The first-order valence-electron chi connectivity index (χ1n) is 9.41. The van der Waals surface area contributed by atoms with Crippen LogP contribution in [-0.4, -0.2) is 24.2 Å². The number of hydrogen-bond donors (Lipinski definition) is 1. The molecule has 0 unspecified atom stereocenters. The summed E-state index contributed by atoms with van der Waals surface area (Å²) in [7, 11) is -3.99. The van der Waals surface area contributed by atoms with E-state index >= 15 is 0 Å². The van der Waals surface area contributed by atoms with Gasteiger partial charge in [-0.25, -0.2) is 17.5 Å². The highest BCUT2D eigenvalue weighted by Gasteiger charge is 2.33. The lowest BCUT2D eigenvalue weighted by Gasteiger charge is -2.11. The number of aromatic nitrogens is 2. The van der Waals surface area contributed by atoms with Gasteiger partial charge in [-0.15, -0.1) is 0 Å². The van der Waals surface area contributed by atoms with E-state index in [0.29, 0.717) is 0 Å². The SMILES string of the molecule is O=C(CCc1ncccc1C(F)(F)F)c1ccc(CNS(=O)(=O)c2ccc(F)c(Cl)c2)nc1. The van der Waals surface area contributed by atoms with Crippen molar-refractivity contribution in [2.45, 2.75) is 30.5 Å². The minimum Gasteiger partial charge on any atom is -0.294 e. The molecule has 33 heavy (non-hydrogen) atoms. The fourth-order valence-corrected chi connectivity index (χ4v) is 4.13. The Labute approximate surface area is 191 Å². The van der Waals surface area contributed by atoms with Crippen molar-refractivity contribution in [3.63, 3.8) is 0 Å². The lowest BCUT2D eigenvalue weighted by molar-refractivity contribution is -0.138. The summed E-state index contributed by atoms with van der Waals surface area (Å²) in [5.41, 5.74) is -0.664. The van der Waals surface area contributed by atoms with Crippen LogP contribution in [0.15, 0.2) is 59.8 Å². The molecule has 0 saturated heterocycles. The summed E-state index contributed by atoms with van der Waals surface area (Å²) < 4.78 is 79.2. The molecule has 0 aliphatic rings. The number of ketones is 1. The summed E-state index contributed by atoms with van der Waals surface area (Å²) >= 11 is 5.61. The molecule has 1 aromatic carbocycles. The Kier molecular flexibility index (Phi) is 7.45. The summed E-state index contributed by atoms with van der Waals surface area (Å²) in [4.78, 5) is 19.9. The number of sulfonamides is 1. The number of alkyl halides is 3. The van der Waals surface area contributed by atoms with Gasteiger partial charge in [0.1, 0.15) is 5.82 Å². The normalized spacial score (nSPS) is 12.0. The fraction of sp³-hybridized carbons (Fsp3) is 0.190. The van der Waals surface area contributed by atoms with Crippen LogP contribution in [0.4, 0.5) is 17.6 Å². The average molecular weight is 502 g/mol. The topological polar surface area (TPSA) is 89.0 Å². The van der Waals surface area contributed by atoms with Crippen LogP contribution in [0.5, 0.6) is 0 Å². The summed E-state index contributed by atoms with van der Waals surface area (Å²) in [6, 6.07) is 7.86. The molecule has 2 heterocycles. The molecule has 0 aliphatic carbocycles. The number of rotatable bonds is 8. The second-order valence-corrected chi connectivity index (χ2v) is 9.03. The quantitative estimate of drug-likeness (QED) is 0.360. The molecule has 0 atom stereocenters. The second-order valence-electron chi connectivity index (χ2n) is 6.86. The molecule has 0 bridgehead atoms. The van der Waals surface area contributed by atoms with Crippen molar-refractivity contribution in [1.82, 2.24) is 14.7 Å². The maximum absolute atomic E-state index is 13.2. The Hall–Kier alpha value is -2.89. The van der Waals surface area contributed by atoms with E-state index in [4.69, 9.17) is 11.6 Å². The van der Waals surface area contributed by atoms with E-state index in [0.717, 1.165) is 24.3 Å². The molecule has 3 aromatic rings. The zero-order chi connectivity index (χ0) is 24.2. The molecular weight excluding hydrogens is 486 g/mol. The number of Topliss-reactive ketones (excluding diaryl/α,β-unsaturated/α-hetero) is 1. The monoisotopic (exact) mass is 501 g/mol. The van der Waals surface area contributed by atoms with Crippen LogP contribution in [-0.2, 0) is 29.2 Å². The number of benzene rings is 1. The molecule has 1 N–H and O–H groups in total. The van der Waals surface area contributed by atoms with Gasteiger partial charge in [-0.2, -0.15) is 13.2 Å². The summed E-state index contributed by atoms with van der Waals surface area (Å²) in [6.07, 6.45) is -2.53. The Morgan fingerprint density at radius 3 is 2.48 bits per heavy atom. The molecule has 0 radical (unpaired) electrons. The highest BCUT2D eigenvalue weighted by molar-refractivity contribution is 7.89. The van der Waals surface area contributed by atoms with Crippen molar-refractivity contribution in [2.24, 2.45) is 0 Å². The van der Waals surface area contributed by atoms with E-state index in [1.54, 1.807) is 0 Å². The molecular formula is C21H16ClF4N3O3S. The van der Waals surface area contributed by atoms with Gasteiger partial charge in [0.15, 0.2) is 5.78 Å². The van der Waals surface area contributed by atoms with Crippen LogP contribution in [0, 0.1) is 5.82 Å². The number of carbonyl (C=O) groups is 1. The van der Waals surface area contributed by atoms with Crippen molar-refractivity contribution in [3.8, 4) is 0 Å². The first kappa shape index (κ1) is 24.7. The molecule has 0 saturated carbocycles. The van der Waals surface area contributed by atoms with Gasteiger partial charge < -0.3 is 0 Å². The van der Waals surface area contributed by atoms with Crippen molar-refractivity contribution in [3.05, 3.63) is 88.2 Å². The third-order valence-electron chi connectivity index (χ3n) is 4.58. The smallest absolute Gasteiger partial charge is 0.294 e. The Morgan fingerprint density at radius 2 is 1.85 bits per heavy atom. The fourth-order valence-electron chi connectivity index (χ4n) is 2.86. The van der Waals surface area contributed by atoms with Gasteiger partial charge in [-0.05, 0) is 48.9 Å². The minimum absolute atomic E-state index is 0.163. The van der Waals surface area contributed by atoms with Gasteiger partial charge in [0.25, 0.3) is 0 Å². The first-order chi connectivity index (χ1) is 15.5. The van der Waals surface area contributed by atoms with Crippen molar-refractivity contribution < 1.29 is 30.8 Å². The second kappa shape index (κ2) is 9.94. The van der Waals surface area contributed by atoms with Crippen LogP contribution in [0.2, 0.25) is 5.02 Å². The van der Waals surface area contributed by atoms with E-state index in [1.807, 2.05) is 0 Å². The molecule has 3 rings (SSSR count). The van der Waals surface area contributed by atoms with E-state index in [-0.39, 0.29) is 46.3 Å². The van der Waals surface area contributed by atoms with Gasteiger partial charge in [0.2, 0.25) is 10.0 Å². The van der Waals surface area contributed by atoms with E-state index in [2.05, 4.69) is 14.7 Å². The van der Waals surface area contributed by atoms with Crippen LogP contribution >= 0.6 is 11.6 Å².